The molecule has 4 aliphatic carbocycles. The standard InChI is InChI=1S/C31H46N6O5/c1-19(2)26(37-30(41)42-31-15-21-11-22(16-31)13-23(12-21)17-31)28(40)36-25(14-20-7-4-3-5-8-20)27(39)35-24(18-38)9-6-10-34-29(32)33/h3-5,7-8,18-19,21-26H,6,9-17H2,1-2H3,(H,35,39)(H,36,40)(H,37,41)(H4,32,33,34)/t21?,22?,23?,24-,25-,26+,31?/m0/s1. The molecule has 0 radical (unpaired) electrons. The van der Waals surface area contributed by atoms with E-state index >= 15 is 0 Å². The molecule has 0 saturated heterocycles. The van der Waals surface area contributed by atoms with Crippen LogP contribution >= 0.6 is 0 Å². The van der Waals surface area contributed by atoms with Gasteiger partial charge >= 0.3 is 6.09 Å². The molecule has 42 heavy (non-hydrogen) atoms. The lowest BCUT2D eigenvalue weighted by molar-refractivity contribution is -0.134. The molecule has 4 fully saturated rings. The number of hydrogen-bond donors (Lipinski definition) is 5. The number of guanidine groups is 1. The van der Waals surface area contributed by atoms with Crippen molar-refractivity contribution in [2.75, 3.05) is 6.54 Å². The Hall–Kier alpha value is -3.63. The first kappa shape index (κ1) is 31.3. The maximum absolute atomic E-state index is 13.5. The van der Waals surface area contributed by atoms with E-state index in [0.717, 1.165) is 24.8 Å². The lowest BCUT2D eigenvalue weighted by Crippen LogP contribution is -2.58. The van der Waals surface area contributed by atoms with Crippen LogP contribution < -0.4 is 27.4 Å². The number of benzene rings is 1. The summed E-state index contributed by atoms with van der Waals surface area (Å²) >= 11 is 0. The number of nitrogens with one attached hydrogen (secondary N) is 3. The van der Waals surface area contributed by atoms with Crippen LogP contribution in [-0.2, 0) is 25.5 Å². The molecule has 3 atom stereocenters. The Morgan fingerprint density at radius 2 is 1.60 bits per heavy atom. The number of ether oxygens (including phenoxy) is 1. The Kier molecular flexibility index (Phi) is 10.5. The molecule has 1 aromatic carbocycles. The molecule has 0 unspecified atom stereocenters. The lowest BCUT2D eigenvalue weighted by Gasteiger charge is -2.55. The molecule has 0 aromatic heterocycles. The summed E-state index contributed by atoms with van der Waals surface area (Å²) < 4.78 is 6.09. The first-order valence-electron chi connectivity index (χ1n) is 15.2. The zero-order chi connectivity index (χ0) is 30.3. The van der Waals surface area contributed by atoms with Crippen molar-refractivity contribution in [2.45, 2.75) is 95.4 Å². The SMILES string of the molecule is CC(C)[C@@H](NC(=O)OC12CC3CC(CC(C3)C1)C2)C(=O)N[C@@H](Cc1ccccc1)C(=O)N[C@H](C=O)CCCN=C(N)N. The average molecular weight is 583 g/mol. The van der Waals surface area contributed by atoms with E-state index in [1.54, 1.807) is 0 Å². The van der Waals surface area contributed by atoms with Crippen LogP contribution in [0.2, 0.25) is 0 Å². The molecule has 11 heteroatoms. The fraction of sp³-hybridized carbons (Fsp3) is 0.645. The van der Waals surface area contributed by atoms with E-state index in [2.05, 4.69) is 20.9 Å². The van der Waals surface area contributed by atoms with E-state index in [1.807, 2.05) is 44.2 Å². The third-order valence-corrected chi connectivity index (χ3v) is 8.89. The van der Waals surface area contributed by atoms with Gasteiger partial charge in [0, 0.05) is 13.0 Å². The van der Waals surface area contributed by atoms with Crippen LogP contribution in [0.15, 0.2) is 35.3 Å². The van der Waals surface area contributed by atoms with Crippen molar-refractivity contribution >= 4 is 30.2 Å². The molecular formula is C31H46N6O5. The maximum atomic E-state index is 13.5. The number of amides is 3. The van der Waals surface area contributed by atoms with Gasteiger partial charge in [-0.3, -0.25) is 14.6 Å². The number of hydrogen-bond acceptors (Lipinski definition) is 6. The van der Waals surface area contributed by atoms with Gasteiger partial charge in [-0.1, -0.05) is 44.2 Å². The van der Waals surface area contributed by atoms with Crippen LogP contribution in [0.5, 0.6) is 0 Å². The van der Waals surface area contributed by atoms with Crippen LogP contribution in [0.3, 0.4) is 0 Å². The van der Waals surface area contributed by atoms with Gasteiger partial charge in [-0.25, -0.2) is 4.79 Å². The number of nitrogens with two attached hydrogens (primary N) is 2. The van der Waals surface area contributed by atoms with Gasteiger partial charge < -0.3 is 36.9 Å². The summed E-state index contributed by atoms with van der Waals surface area (Å²) in [5, 5.41) is 8.36. The normalized spacial score (nSPS) is 26.0. The van der Waals surface area contributed by atoms with Gasteiger partial charge in [-0.2, -0.15) is 0 Å². The Morgan fingerprint density at radius 1 is 0.976 bits per heavy atom. The number of rotatable bonds is 14. The van der Waals surface area contributed by atoms with Gasteiger partial charge in [0.15, 0.2) is 5.96 Å². The zero-order valence-corrected chi connectivity index (χ0v) is 24.7. The Balaban J connectivity index is 1.40. The fourth-order valence-electron chi connectivity index (χ4n) is 7.34. The highest BCUT2D eigenvalue weighted by Gasteiger charge is 2.53. The van der Waals surface area contributed by atoms with Crippen LogP contribution in [0.4, 0.5) is 4.79 Å². The fourth-order valence-corrected chi connectivity index (χ4v) is 7.34. The van der Waals surface area contributed by atoms with Gasteiger partial charge in [-0.15, -0.1) is 0 Å². The number of carbonyl (C=O) groups excluding carboxylic acids is 4. The molecule has 11 nitrogen and oxygen atoms in total. The first-order chi connectivity index (χ1) is 20.1. The molecule has 0 aliphatic heterocycles. The predicted octanol–water partition coefficient (Wildman–Crippen LogP) is 2.17. The summed E-state index contributed by atoms with van der Waals surface area (Å²) in [6, 6.07) is 6.65. The highest BCUT2D eigenvalue weighted by Crippen LogP contribution is 2.57. The predicted molar refractivity (Wildman–Crippen MR) is 159 cm³/mol. The van der Waals surface area contributed by atoms with Gasteiger partial charge in [0.2, 0.25) is 11.8 Å². The van der Waals surface area contributed by atoms with Crippen LogP contribution in [0, 0.1) is 23.7 Å². The number of carbonyl (C=O) groups is 4. The second-order valence-corrected chi connectivity index (χ2v) is 12.8. The quantitative estimate of drug-likeness (QED) is 0.0965. The van der Waals surface area contributed by atoms with Crippen molar-refractivity contribution < 1.29 is 23.9 Å². The lowest BCUT2D eigenvalue weighted by atomic mass is 9.54. The van der Waals surface area contributed by atoms with E-state index < -0.39 is 41.6 Å². The number of aliphatic imine (C=N–C) groups is 1. The second kappa shape index (κ2) is 14.0. The molecule has 3 amide bonds. The van der Waals surface area contributed by atoms with Crippen LogP contribution in [0.1, 0.15) is 70.8 Å². The minimum Gasteiger partial charge on any atom is -0.443 e. The van der Waals surface area contributed by atoms with Gasteiger partial charge in [0.1, 0.15) is 24.0 Å². The number of alkyl carbamates (subject to hydrolysis) is 1. The largest absolute Gasteiger partial charge is 0.443 e. The van der Waals surface area contributed by atoms with E-state index in [9.17, 15) is 19.2 Å². The Bertz CT molecular complexity index is 1100. The molecule has 7 N–H and O–H groups in total. The maximum Gasteiger partial charge on any atom is 0.408 e. The zero-order valence-electron chi connectivity index (χ0n) is 24.7. The summed E-state index contributed by atoms with van der Waals surface area (Å²) in [5.74, 6) is 0.575. The third-order valence-electron chi connectivity index (χ3n) is 8.89. The highest BCUT2D eigenvalue weighted by atomic mass is 16.6. The smallest absolute Gasteiger partial charge is 0.408 e. The summed E-state index contributed by atoms with van der Waals surface area (Å²) in [6.07, 6.45) is 7.49. The molecule has 0 heterocycles. The van der Waals surface area contributed by atoms with Crippen molar-refractivity contribution in [3.05, 3.63) is 35.9 Å². The van der Waals surface area contributed by atoms with Gasteiger partial charge in [0.25, 0.3) is 0 Å². The van der Waals surface area contributed by atoms with Crippen molar-refractivity contribution in [1.82, 2.24) is 16.0 Å². The second-order valence-electron chi connectivity index (χ2n) is 12.8. The Labute approximate surface area is 248 Å². The van der Waals surface area contributed by atoms with Crippen molar-refractivity contribution in [3.63, 3.8) is 0 Å². The topological polar surface area (TPSA) is 178 Å². The summed E-state index contributed by atoms with van der Waals surface area (Å²) in [4.78, 5) is 55.7. The summed E-state index contributed by atoms with van der Waals surface area (Å²) in [5.41, 5.74) is 11.1. The van der Waals surface area contributed by atoms with Crippen molar-refractivity contribution in [3.8, 4) is 0 Å². The first-order valence-corrected chi connectivity index (χ1v) is 15.2. The van der Waals surface area contributed by atoms with Gasteiger partial charge in [-0.05, 0) is 80.6 Å². The van der Waals surface area contributed by atoms with E-state index in [-0.39, 0.29) is 18.3 Å². The molecule has 0 spiro atoms. The summed E-state index contributed by atoms with van der Waals surface area (Å²) in [6.45, 7) is 3.99. The summed E-state index contributed by atoms with van der Waals surface area (Å²) in [7, 11) is 0. The van der Waals surface area contributed by atoms with Gasteiger partial charge in [0.05, 0.1) is 6.04 Å². The molecule has 4 bridgehead atoms. The highest BCUT2D eigenvalue weighted by molar-refractivity contribution is 5.92. The minimum atomic E-state index is -0.970. The van der Waals surface area contributed by atoms with E-state index in [1.165, 1.54) is 19.3 Å². The molecule has 230 valence electrons. The number of nitrogens with zero attached hydrogens (tertiary/aromatic N) is 1. The Morgan fingerprint density at radius 3 is 2.14 bits per heavy atom. The van der Waals surface area contributed by atoms with E-state index in [4.69, 9.17) is 16.2 Å². The molecule has 4 saturated carbocycles. The van der Waals surface area contributed by atoms with E-state index in [0.29, 0.717) is 43.4 Å². The van der Waals surface area contributed by atoms with Crippen molar-refractivity contribution in [2.24, 2.45) is 40.1 Å². The molecule has 4 aliphatic rings. The third kappa shape index (κ3) is 8.45. The van der Waals surface area contributed by atoms with Crippen LogP contribution in [-0.4, -0.2) is 60.4 Å². The minimum absolute atomic E-state index is 0.0394. The van der Waals surface area contributed by atoms with Crippen molar-refractivity contribution in [1.29, 1.82) is 0 Å². The molecular weight excluding hydrogens is 536 g/mol. The average Bonchev–Trinajstić information content (AvgIpc) is 2.92. The molecule has 1 aromatic rings. The van der Waals surface area contributed by atoms with Crippen LogP contribution in [0.25, 0.3) is 0 Å². The molecule has 5 rings (SSSR count). The monoisotopic (exact) mass is 582 g/mol. The number of aldehydes is 1.